The second-order valence-corrected chi connectivity index (χ2v) is 6.74. The molecule has 3 N–H and O–H groups in total. The third kappa shape index (κ3) is 4.04. The molecular formula is C20H22F2N2O. The molecule has 3 nitrogen and oxygen atoms in total. The van der Waals surface area contributed by atoms with E-state index in [4.69, 9.17) is 5.73 Å². The van der Waals surface area contributed by atoms with Crippen LogP contribution in [0.1, 0.15) is 41.6 Å². The second-order valence-electron chi connectivity index (χ2n) is 6.74. The van der Waals surface area contributed by atoms with Crippen LogP contribution in [0.25, 0.3) is 11.1 Å². The van der Waals surface area contributed by atoms with Gasteiger partial charge in [-0.05, 0) is 68.0 Å². The van der Waals surface area contributed by atoms with Crippen LogP contribution in [0.15, 0.2) is 36.4 Å². The van der Waals surface area contributed by atoms with Gasteiger partial charge in [-0.2, -0.15) is 0 Å². The molecule has 1 aliphatic rings. The summed E-state index contributed by atoms with van der Waals surface area (Å²) in [6.07, 6.45) is 3.48. The lowest BCUT2D eigenvalue weighted by atomic mass is 9.91. The molecule has 0 atom stereocenters. The van der Waals surface area contributed by atoms with Crippen molar-refractivity contribution >= 4 is 5.91 Å². The Morgan fingerprint density at radius 1 is 1.04 bits per heavy atom. The van der Waals surface area contributed by atoms with E-state index in [0.717, 1.165) is 25.7 Å². The van der Waals surface area contributed by atoms with Crippen molar-refractivity contribution in [3.05, 3.63) is 59.2 Å². The maximum absolute atomic E-state index is 14.5. The highest BCUT2D eigenvalue weighted by Gasteiger charge is 2.21. The normalized spacial score (nSPS) is 20.3. The van der Waals surface area contributed by atoms with Crippen LogP contribution < -0.4 is 11.1 Å². The number of halogens is 2. The van der Waals surface area contributed by atoms with E-state index in [1.807, 2.05) is 0 Å². The van der Waals surface area contributed by atoms with Crippen LogP contribution in [-0.4, -0.2) is 18.0 Å². The van der Waals surface area contributed by atoms with Gasteiger partial charge in [0.25, 0.3) is 5.91 Å². The summed E-state index contributed by atoms with van der Waals surface area (Å²) in [6, 6.07) is 8.93. The summed E-state index contributed by atoms with van der Waals surface area (Å²) in [5.41, 5.74) is 7.78. The van der Waals surface area contributed by atoms with E-state index in [2.05, 4.69) is 5.32 Å². The van der Waals surface area contributed by atoms with Gasteiger partial charge in [-0.1, -0.05) is 12.1 Å². The quantitative estimate of drug-likeness (QED) is 0.886. The number of benzene rings is 2. The molecule has 5 heteroatoms. The van der Waals surface area contributed by atoms with Gasteiger partial charge in [0.15, 0.2) is 0 Å². The first kappa shape index (κ1) is 17.5. The summed E-state index contributed by atoms with van der Waals surface area (Å²) in [4.78, 5) is 12.3. The van der Waals surface area contributed by atoms with E-state index in [1.54, 1.807) is 25.1 Å². The monoisotopic (exact) mass is 344 g/mol. The number of hydrogen-bond acceptors (Lipinski definition) is 2. The molecule has 0 heterocycles. The predicted octanol–water partition coefficient (Wildman–Crippen LogP) is 3.94. The van der Waals surface area contributed by atoms with Crippen molar-refractivity contribution in [1.29, 1.82) is 0 Å². The Bertz CT molecular complexity index is 783. The molecule has 3 rings (SSSR count). The predicted molar refractivity (Wildman–Crippen MR) is 94.2 cm³/mol. The molecule has 0 saturated heterocycles. The minimum absolute atomic E-state index is 0.0920. The first-order valence-electron chi connectivity index (χ1n) is 8.56. The highest BCUT2D eigenvalue weighted by atomic mass is 19.1. The third-order valence-corrected chi connectivity index (χ3v) is 4.82. The summed E-state index contributed by atoms with van der Waals surface area (Å²) in [5.74, 6) is -1.13. The molecule has 1 saturated carbocycles. The SMILES string of the molecule is Cc1cc(F)ccc1-c1ccc(C(=O)NC2CCC(N)CC2)cc1F. The molecule has 1 amide bonds. The van der Waals surface area contributed by atoms with Gasteiger partial charge in [0.1, 0.15) is 11.6 Å². The van der Waals surface area contributed by atoms with Gasteiger partial charge in [0, 0.05) is 23.2 Å². The Hall–Kier alpha value is -2.27. The van der Waals surface area contributed by atoms with Gasteiger partial charge in [0.2, 0.25) is 0 Å². The Labute approximate surface area is 146 Å². The summed E-state index contributed by atoms with van der Waals surface area (Å²) in [5, 5.41) is 2.95. The molecular weight excluding hydrogens is 322 g/mol. The van der Waals surface area contributed by atoms with Crippen molar-refractivity contribution in [2.45, 2.75) is 44.7 Å². The van der Waals surface area contributed by atoms with E-state index in [1.165, 1.54) is 18.2 Å². The van der Waals surface area contributed by atoms with Gasteiger partial charge in [-0.15, -0.1) is 0 Å². The number of amides is 1. The Kier molecular flexibility index (Phi) is 5.13. The van der Waals surface area contributed by atoms with Crippen molar-refractivity contribution in [3.8, 4) is 11.1 Å². The topological polar surface area (TPSA) is 55.1 Å². The maximum Gasteiger partial charge on any atom is 0.251 e. The summed E-state index contributed by atoms with van der Waals surface area (Å²) < 4.78 is 27.7. The zero-order valence-corrected chi connectivity index (χ0v) is 14.2. The number of nitrogens with two attached hydrogens (primary N) is 1. The molecule has 0 bridgehead atoms. The average molecular weight is 344 g/mol. The highest BCUT2D eigenvalue weighted by molar-refractivity contribution is 5.95. The van der Waals surface area contributed by atoms with Gasteiger partial charge in [-0.3, -0.25) is 4.79 Å². The minimum atomic E-state index is -0.493. The van der Waals surface area contributed by atoms with Crippen LogP contribution in [0, 0.1) is 18.6 Å². The Morgan fingerprint density at radius 3 is 2.36 bits per heavy atom. The summed E-state index contributed by atoms with van der Waals surface area (Å²) >= 11 is 0. The third-order valence-electron chi connectivity index (χ3n) is 4.82. The molecule has 0 unspecified atom stereocenters. The van der Waals surface area contributed by atoms with Gasteiger partial charge >= 0.3 is 0 Å². The van der Waals surface area contributed by atoms with E-state index < -0.39 is 5.82 Å². The van der Waals surface area contributed by atoms with Crippen LogP contribution >= 0.6 is 0 Å². The number of carbonyl (C=O) groups is 1. The zero-order chi connectivity index (χ0) is 18.0. The molecule has 1 fully saturated rings. The number of aryl methyl sites for hydroxylation is 1. The molecule has 1 aliphatic carbocycles. The zero-order valence-electron chi connectivity index (χ0n) is 14.2. The first-order chi connectivity index (χ1) is 11.9. The highest BCUT2D eigenvalue weighted by Crippen LogP contribution is 2.27. The Morgan fingerprint density at radius 2 is 1.72 bits per heavy atom. The maximum atomic E-state index is 14.5. The van der Waals surface area contributed by atoms with Crippen molar-refractivity contribution < 1.29 is 13.6 Å². The second kappa shape index (κ2) is 7.31. The number of carbonyl (C=O) groups excluding carboxylic acids is 1. The van der Waals surface area contributed by atoms with Crippen LogP contribution in [-0.2, 0) is 0 Å². The number of rotatable bonds is 3. The summed E-state index contributed by atoms with van der Waals surface area (Å²) in [6.45, 7) is 1.73. The fraction of sp³-hybridized carbons (Fsp3) is 0.350. The fourth-order valence-electron chi connectivity index (χ4n) is 3.34. The smallest absolute Gasteiger partial charge is 0.251 e. The molecule has 0 aliphatic heterocycles. The van der Waals surface area contributed by atoms with Crippen LogP contribution in [0.5, 0.6) is 0 Å². The minimum Gasteiger partial charge on any atom is -0.349 e. The van der Waals surface area contributed by atoms with Crippen LogP contribution in [0.4, 0.5) is 8.78 Å². The van der Waals surface area contributed by atoms with E-state index >= 15 is 0 Å². The number of hydrogen-bond donors (Lipinski definition) is 2. The Balaban J connectivity index is 1.76. The molecule has 0 aromatic heterocycles. The fourth-order valence-corrected chi connectivity index (χ4v) is 3.34. The first-order valence-corrected chi connectivity index (χ1v) is 8.56. The standard InChI is InChI=1S/C20H22F2N2O/c1-12-10-14(21)3-9-17(12)18-8-2-13(11-19(18)22)20(25)24-16-6-4-15(23)5-7-16/h2-3,8-11,15-16H,4-7,23H2,1H3,(H,24,25). The van der Waals surface area contributed by atoms with Gasteiger partial charge in [0.05, 0.1) is 0 Å². The van der Waals surface area contributed by atoms with Crippen molar-refractivity contribution in [3.63, 3.8) is 0 Å². The van der Waals surface area contributed by atoms with E-state index in [9.17, 15) is 13.6 Å². The lowest BCUT2D eigenvalue weighted by Gasteiger charge is -2.26. The van der Waals surface area contributed by atoms with Crippen LogP contribution in [0.3, 0.4) is 0 Å². The summed E-state index contributed by atoms with van der Waals surface area (Å²) in [7, 11) is 0. The molecule has 2 aromatic carbocycles. The largest absolute Gasteiger partial charge is 0.349 e. The molecule has 0 spiro atoms. The van der Waals surface area contributed by atoms with Crippen molar-refractivity contribution in [1.82, 2.24) is 5.32 Å². The number of nitrogens with one attached hydrogen (secondary N) is 1. The van der Waals surface area contributed by atoms with E-state index in [0.29, 0.717) is 16.7 Å². The van der Waals surface area contributed by atoms with Crippen molar-refractivity contribution in [2.75, 3.05) is 0 Å². The van der Waals surface area contributed by atoms with Crippen LogP contribution in [0.2, 0.25) is 0 Å². The lowest BCUT2D eigenvalue weighted by molar-refractivity contribution is 0.0925. The molecule has 25 heavy (non-hydrogen) atoms. The lowest BCUT2D eigenvalue weighted by Crippen LogP contribution is -2.40. The average Bonchev–Trinajstić information content (AvgIpc) is 2.57. The van der Waals surface area contributed by atoms with Crippen molar-refractivity contribution in [2.24, 2.45) is 5.73 Å². The van der Waals surface area contributed by atoms with Gasteiger partial charge < -0.3 is 11.1 Å². The molecule has 132 valence electrons. The van der Waals surface area contributed by atoms with E-state index in [-0.39, 0.29) is 29.4 Å². The molecule has 2 aromatic rings. The van der Waals surface area contributed by atoms with Gasteiger partial charge in [-0.25, -0.2) is 8.78 Å². The molecule has 0 radical (unpaired) electrons.